The lowest BCUT2D eigenvalue weighted by atomic mass is 10.2. The van der Waals surface area contributed by atoms with Gasteiger partial charge in [0.2, 0.25) is 5.91 Å². The standard InChI is InChI=1S/C16H19N5O2S/c22-16(20-9-7-12-3-1-2-4-14(12)20)8-10-24(23)11-15-17-18-19-21(15)13-5-6-13/h1-4,13H,5-11H2. The molecule has 0 spiro atoms. The molecule has 0 saturated heterocycles. The van der Waals surface area contributed by atoms with Gasteiger partial charge in [0.15, 0.2) is 5.82 Å². The molecule has 1 fully saturated rings. The third-order valence-electron chi connectivity index (χ3n) is 4.48. The molecule has 1 saturated carbocycles. The Morgan fingerprint density at radius 3 is 2.96 bits per heavy atom. The topological polar surface area (TPSA) is 81.0 Å². The zero-order chi connectivity index (χ0) is 16.5. The minimum absolute atomic E-state index is 0.0371. The quantitative estimate of drug-likeness (QED) is 0.787. The van der Waals surface area contributed by atoms with Gasteiger partial charge in [0.25, 0.3) is 0 Å². The molecule has 8 heteroatoms. The highest BCUT2D eigenvalue weighted by Gasteiger charge is 2.28. The molecule has 1 amide bonds. The molecule has 2 aliphatic rings. The van der Waals surface area contributed by atoms with Crippen LogP contribution in [0.5, 0.6) is 0 Å². The highest BCUT2D eigenvalue weighted by molar-refractivity contribution is 7.84. The van der Waals surface area contributed by atoms with Crippen LogP contribution in [0.2, 0.25) is 0 Å². The van der Waals surface area contributed by atoms with E-state index in [1.807, 2.05) is 18.2 Å². The molecule has 0 N–H and O–H groups in total. The van der Waals surface area contributed by atoms with Crippen molar-refractivity contribution >= 4 is 22.4 Å². The van der Waals surface area contributed by atoms with Crippen LogP contribution in [-0.2, 0) is 27.8 Å². The van der Waals surface area contributed by atoms with Crippen LogP contribution in [0.3, 0.4) is 0 Å². The number of benzene rings is 1. The lowest BCUT2D eigenvalue weighted by Crippen LogP contribution is -2.30. The predicted molar refractivity (Wildman–Crippen MR) is 89.9 cm³/mol. The van der Waals surface area contributed by atoms with Gasteiger partial charge in [-0.1, -0.05) is 18.2 Å². The second kappa shape index (κ2) is 6.43. The number of amides is 1. The first-order chi connectivity index (χ1) is 11.7. The molecule has 126 valence electrons. The van der Waals surface area contributed by atoms with Crippen molar-refractivity contribution in [2.75, 3.05) is 17.2 Å². The number of rotatable bonds is 6. The van der Waals surface area contributed by atoms with Crippen LogP contribution >= 0.6 is 0 Å². The lowest BCUT2D eigenvalue weighted by molar-refractivity contribution is -0.118. The van der Waals surface area contributed by atoms with Gasteiger partial charge in [-0.3, -0.25) is 9.00 Å². The fourth-order valence-corrected chi connectivity index (χ4v) is 4.08. The summed E-state index contributed by atoms with van der Waals surface area (Å²) < 4.78 is 14.1. The van der Waals surface area contributed by atoms with E-state index in [0.717, 1.165) is 24.9 Å². The van der Waals surface area contributed by atoms with Gasteiger partial charge in [0.05, 0.1) is 11.8 Å². The van der Waals surface area contributed by atoms with Crippen LogP contribution in [0, 0.1) is 0 Å². The van der Waals surface area contributed by atoms with Crippen LogP contribution < -0.4 is 4.90 Å². The summed E-state index contributed by atoms with van der Waals surface area (Å²) in [6.45, 7) is 0.713. The van der Waals surface area contributed by atoms with E-state index in [1.54, 1.807) is 9.58 Å². The molecule has 1 aliphatic carbocycles. The van der Waals surface area contributed by atoms with E-state index in [9.17, 15) is 9.00 Å². The summed E-state index contributed by atoms with van der Waals surface area (Å²) in [5.74, 6) is 1.35. The first-order valence-electron chi connectivity index (χ1n) is 8.22. The molecule has 1 aliphatic heterocycles. The zero-order valence-electron chi connectivity index (χ0n) is 13.3. The highest BCUT2D eigenvalue weighted by atomic mass is 32.2. The van der Waals surface area contributed by atoms with Crippen molar-refractivity contribution in [3.05, 3.63) is 35.7 Å². The molecule has 1 atom stereocenters. The number of nitrogens with zero attached hydrogens (tertiary/aromatic N) is 5. The Labute approximate surface area is 142 Å². The molecular formula is C16H19N5O2S. The number of carbonyl (C=O) groups excluding carboxylic acids is 1. The Morgan fingerprint density at radius 2 is 2.12 bits per heavy atom. The lowest BCUT2D eigenvalue weighted by Gasteiger charge is -2.17. The normalized spacial score (nSPS) is 17.8. The maximum atomic E-state index is 12.4. The van der Waals surface area contributed by atoms with E-state index < -0.39 is 10.8 Å². The predicted octanol–water partition coefficient (Wildman–Crippen LogP) is 1.24. The Kier molecular flexibility index (Phi) is 4.13. The minimum Gasteiger partial charge on any atom is -0.312 e. The monoisotopic (exact) mass is 345 g/mol. The summed E-state index contributed by atoms with van der Waals surface area (Å²) in [7, 11) is -1.14. The van der Waals surface area contributed by atoms with Gasteiger partial charge >= 0.3 is 0 Å². The van der Waals surface area contributed by atoms with Gasteiger partial charge in [-0.05, 0) is 41.3 Å². The number of hydrogen-bond acceptors (Lipinski definition) is 5. The molecule has 0 bridgehead atoms. The van der Waals surface area contributed by atoms with Gasteiger partial charge in [-0.25, -0.2) is 4.68 Å². The van der Waals surface area contributed by atoms with Crippen molar-refractivity contribution in [3.8, 4) is 0 Å². The van der Waals surface area contributed by atoms with Crippen LogP contribution in [-0.4, -0.2) is 42.6 Å². The number of aromatic nitrogens is 4. The van der Waals surface area contributed by atoms with Crippen LogP contribution in [0.1, 0.15) is 36.7 Å². The van der Waals surface area contributed by atoms with Crippen molar-refractivity contribution < 1.29 is 9.00 Å². The molecule has 1 unspecified atom stereocenters. The maximum Gasteiger partial charge on any atom is 0.227 e. The smallest absolute Gasteiger partial charge is 0.227 e. The number of tetrazole rings is 1. The second-order valence-electron chi connectivity index (χ2n) is 6.23. The molecule has 4 rings (SSSR count). The van der Waals surface area contributed by atoms with Crippen molar-refractivity contribution in [1.82, 2.24) is 20.2 Å². The van der Waals surface area contributed by atoms with E-state index in [4.69, 9.17) is 0 Å². The van der Waals surface area contributed by atoms with Crippen molar-refractivity contribution in [1.29, 1.82) is 0 Å². The Balaban J connectivity index is 1.33. The van der Waals surface area contributed by atoms with Crippen LogP contribution in [0.15, 0.2) is 24.3 Å². The van der Waals surface area contributed by atoms with Crippen LogP contribution in [0.25, 0.3) is 0 Å². The fourth-order valence-electron chi connectivity index (χ4n) is 3.06. The number of carbonyl (C=O) groups is 1. The van der Waals surface area contributed by atoms with E-state index in [0.29, 0.717) is 29.9 Å². The number of fused-ring (bicyclic) bond motifs is 1. The molecule has 24 heavy (non-hydrogen) atoms. The average Bonchev–Trinajstić information content (AvgIpc) is 3.17. The first kappa shape index (κ1) is 15.4. The maximum absolute atomic E-state index is 12.4. The van der Waals surface area contributed by atoms with E-state index >= 15 is 0 Å². The van der Waals surface area contributed by atoms with Crippen molar-refractivity contribution in [3.63, 3.8) is 0 Å². The third kappa shape index (κ3) is 3.10. The SMILES string of the molecule is O=C(CCS(=O)Cc1nnnn1C1CC1)N1CCc2ccccc21. The van der Waals surface area contributed by atoms with Gasteiger partial charge in [-0.15, -0.1) is 5.10 Å². The van der Waals surface area contributed by atoms with Crippen LogP contribution in [0.4, 0.5) is 5.69 Å². The van der Waals surface area contributed by atoms with Crippen molar-refractivity contribution in [2.24, 2.45) is 0 Å². The zero-order valence-corrected chi connectivity index (χ0v) is 14.1. The summed E-state index contributed by atoms with van der Waals surface area (Å²) in [5, 5.41) is 11.6. The third-order valence-corrected chi connectivity index (χ3v) is 5.72. The van der Waals surface area contributed by atoms with Gasteiger partial charge in [-0.2, -0.15) is 0 Å². The van der Waals surface area contributed by atoms with Gasteiger partial charge in [0, 0.05) is 35.2 Å². The Bertz CT molecular complexity index is 786. The molecule has 1 aromatic heterocycles. The largest absolute Gasteiger partial charge is 0.312 e. The summed E-state index contributed by atoms with van der Waals surface area (Å²) in [6.07, 6.45) is 3.34. The van der Waals surface area contributed by atoms with E-state index in [2.05, 4.69) is 21.6 Å². The van der Waals surface area contributed by atoms with Gasteiger partial charge in [0.1, 0.15) is 0 Å². The molecular weight excluding hydrogens is 326 g/mol. The molecule has 2 heterocycles. The Morgan fingerprint density at radius 1 is 1.29 bits per heavy atom. The number of hydrogen-bond donors (Lipinski definition) is 0. The summed E-state index contributed by atoms with van der Waals surface area (Å²) >= 11 is 0. The summed E-state index contributed by atoms with van der Waals surface area (Å²) in [4.78, 5) is 14.3. The highest BCUT2D eigenvalue weighted by Crippen LogP contribution is 2.34. The summed E-state index contributed by atoms with van der Waals surface area (Å²) in [5.41, 5.74) is 2.20. The number of anilines is 1. The summed E-state index contributed by atoms with van der Waals surface area (Å²) in [6, 6.07) is 8.33. The van der Waals surface area contributed by atoms with E-state index in [-0.39, 0.29) is 12.3 Å². The molecule has 1 aromatic carbocycles. The molecule has 0 radical (unpaired) electrons. The molecule has 2 aromatic rings. The fraction of sp³-hybridized carbons (Fsp3) is 0.500. The average molecular weight is 345 g/mol. The van der Waals surface area contributed by atoms with E-state index in [1.165, 1.54) is 5.56 Å². The van der Waals surface area contributed by atoms with Gasteiger partial charge < -0.3 is 4.90 Å². The second-order valence-corrected chi connectivity index (χ2v) is 7.81. The number of para-hydroxylation sites is 1. The minimum atomic E-state index is -1.14. The van der Waals surface area contributed by atoms with Crippen molar-refractivity contribution in [2.45, 2.75) is 37.5 Å². The molecule has 7 nitrogen and oxygen atoms in total. The first-order valence-corrected chi connectivity index (χ1v) is 9.71. The Hall–Kier alpha value is -2.09.